The Kier molecular flexibility index (Phi) is 4.39. The van der Waals surface area contributed by atoms with Gasteiger partial charge in [0.2, 0.25) is 0 Å². The molecule has 0 heterocycles. The summed E-state index contributed by atoms with van der Waals surface area (Å²) >= 11 is 5.78. The van der Waals surface area contributed by atoms with E-state index in [2.05, 4.69) is 10.6 Å². The highest BCUT2D eigenvalue weighted by molar-refractivity contribution is 6.30. The topological polar surface area (TPSA) is 61.4 Å². The average Bonchev–Trinajstić information content (AvgIpc) is 2.18. The number of halogens is 1. The Morgan fingerprint density at radius 3 is 2.87 bits per heavy atom. The SMILES string of the molecule is CNC(CNc1cccc(Cl)c1)C(=O)O. The largest absolute Gasteiger partial charge is 0.480 e. The van der Waals surface area contributed by atoms with Gasteiger partial charge in [0.05, 0.1) is 0 Å². The number of hydrogen-bond donors (Lipinski definition) is 3. The third-order valence-electron chi connectivity index (χ3n) is 1.98. The van der Waals surface area contributed by atoms with Gasteiger partial charge in [-0.15, -0.1) is 0 Å². The lowest BCUT2D eigenvalue weighted by atomic mass is 10.2. The van der Waals surface area contributed by atoms with Crippen LogP contribution in [0.1, 0.15) is 0 Å². The smallest absolute Gasteiger partial charge is 0.322 e. The van der Waals surface area contributed by atoms with Crippen molar-refractivity contribution in [3.05, 3.63) is 29.3 Å². The van der Waals surface area contributed by atoms with Crippen molar-refractivity contribution in [2.24, 2.45) is 0 Å². The van der Waals surface area contributed by atoms with Gasteiger partial charge in [-0.3, -0.25) is 4.79 Å². The van der Waals surface area contributed by atoms with Gasteiger partial charge in [0.15, 0.2) is 0 Å². The van der Waals surface area contributed by atoms with Crippen LogP contribution in [0.4, 0.5) is 5.69 Å². The standard InChI is InChI=1S/C10H13ClN2O2/c1-12-9(10(14)15)6-13-8-4-2-3-7(11)5-8/h2-5,9,12-13H,6H2,1H3,(H,14,15). The van der Waals surface area contributed by atoms with Crippen molar-refractivity contribution in [1.82, 2.24) is 5.32 Å². The molecule has 0 spiro atoms. The lowest BCUT2D eigenvalue weighted by Crippen LogP contribution is -2.39. The van der Waals surface area contributed by atoms with Crippen LogP contribution >= 0.6 is 11.6 Å². The van der Waals surface area contributed by atoms with Crippen LogP contribution in [-0.4, -0.2) is 30.7 Å². The summed E-state index contributed by atoms with van der Waals surface area (Å²) in [7, 11) is 1.61. The third kappa shape index (κ3) is 3.77. The summed E-state index contributed by atoms with van der Waals surface area (Å²) in [5, 5.41) is 15.1. The fraction of sp³-hybridized carbons (Fsp3) is 0.300. The van der Waals surface area contributed by atoms with Crippen molar-refractivity contribution >= 4 is 23.3 Å². The first-order valence-corrected chi connectivity index (χ1v) is 4.91. The summed E-state index contributed by atoms with van der Waals surface area (Å²) in [6.45, 7) is 0.312. The van der Waals surface area contributed by atoms with Crippen LogP contribution in [0.3, 0.4) is 0 Å². The highest BCUT2D eigenvalue weighted by Gasteiger charge is 2.13. The van der Waals surface area contributed by atoms with Crippen molar-refractivity contribution in [2.75, 3.05) is 18.9 Å². The molecule has 0 saturated carbocycles. The minimum absolute atomic E-state index is 0.312. The van der Waals surface area contributed by atoms with Gasteiger partial charge >= 0.3 is 5.97 Å². The minimum atomic E-state index is -0.882. The van der Waals surface area contributed by atoms with Crippen LogP contribution < -0.4 is 10.6 Å². The van der Waals surface area contributed by atoms with Crippen molar-refractivity contribution in [3.63, 3.8) is 0 Å². The van der Waals surface area contributed by atoms with Gasteiger partial charge in [-0.05, 0) is 25.2 Å². The van der Waals surface area contributed by atoms with E-state index >= 15 is 0 Å². The molecule has 0 bridgehead atoms. The normalized spacial score (nSPS) is 12.1. The van der Waals surface area contributed by atoms with Crippen LogP contribution in [0.25, 0.3) is 0 Å². The number of rotatable bonds is 5. The Morgan fingerprint density at radius 2 is 2.33 bits per heavy atom. The van der Waals surface area contributed by atoms with Crippen LogP contribution in [0.2, 0.25) is 5.02 Å². The number of aliphatic carboxylic acids is 1. The highest BCUT2D eigenvalue weighted by Crippen LogP contribution is 2.14. The second-order valence-corrected chi connectivity index (χ2v) is 3.51. The third-order valence-corrected chi connectivity index (χ3v) is 2.22. The fourth-order valence-electron chi connectivity index (χ4n) is 1.13. The van der Waals surface area contributed by atoms with Crippen molar-refractivity contribution in [2.45, 2.75) is 6.04 Å². The number of carboxylic acids is 1. The number of carboxylic acid groups (broad SMARTS) is 1. The molecule has 82 valence electrons. The molecular formula is C10H13ClN2O2. The van der Waals surface area contributed by atoms with Crippen molar-refractivity contribution in [1.29, 1.82) is 0 Å². The van der Waals surface area contributed by atoms with Gasteiger partial charge in [0.1, 0.15) is 6.04 Å². The van der Waals surface area contributed by atoms with Crippen molar-refractivity contribution < 1.29 is 9.90 Å². The molecule has 15 heavy (non-hydrogen) atoms. The van der Waals surface area contributed by atoms with Crippen LogP contribution in [0.15, 0.2) is 24.3 Å². The molecule has 0 aliphatic heterocycles. The quantitative estimate of drug-likeness (QED) is 0.714. The molecule has 1 aromatic carbocycles. The Hall–Kier alpha value is -1.26. The molecule has 3 N–H and O–H groups in total. The zero-order valence-corrected chi connectivity index (χ0v) is 9.08. The van der Waals surface area contributed by atoms with Gasteiger partial charge in [-0.1, -0.05) is 17.7 Å². The number of likely N-dealkylation sites (N-methyl/N-ethyl adjacent to an activating group) is 1. The molecule has 1 rings (SSSR count). The van der Waals surface area contributed by atoms with E-state index in [9.17, 15) is 4.79 Å². The Balaban J connectivity index is 2.52. The first-order chi connectivity index (χ1) is 7.13. The summed E-state index contributed by atoms with van der Waals surface area (Å²) in [5.74, 6) is -0.882. The number of nitrogens with one attached hydrogen (secondary N) is 2. The number of benzene rings is 1. The molecule has 0 amide bonds. The van der Waals surface area contributed by atoms with Gasteiger partial charge < -0.3 is 15.7 Å². The molecule has 0 saturated heterocycles. The maximum atomic E-state index is 10.7. The lowest BCUT2D eigenvalue weighted by molar-refractivity contribution is -0.138. The van der Waals surface area contributed by atoms with Gasteiger partial charge in [0, 0.05) is 17.3 Å². The first kappa shape index (κ1) is 11.8. The molecule has 0 aromatic heterocycles. The Morgan fingerprint density at radius 1 is 1.60 bits per heavy atom. The summed E-state index contributed by atoms with van der Waals surface area (Å²) in [5.41, 5.74) is 0.809. The zero-order valence-electron chi connectivity index (χ0n) is 8.33. The number of carbonyl (C=O) groups is 1. The Labute approximate surface area is 93.2 Å². The van der Waals surface area contributed by atoms with Crippen molar-refractivity contribution in [3.8, 4) is 0 Å². The summed E-state index contributed by atoms with van der Waals surface area (Å²) in [6.07, 6.45) is 0. The fourth-order valence-corrected chi connectivity index (χ4v) is 1.32. The van der Waals surface area contributed by atoms with E-state index in [0.717, 1.165) is 5.69 Å². The Bertz CT molecular complexity index is 344. The van der Waals surface area contributed by atoms with E-state index in [1.165, 1.54) is 0 Å². The predicted molar refractivity (Wildman–Crippen MR) is 60.4 cm³/mol. The maximum Gasteiger partial charge on any atom is 0.322 e. The molecule has 5 heteroatoms. The summed E-state index contributed by atoms with van der Waals surface area (Å²) in [4.78, 5) is 10.7. The van der Waals surface area contributed by atoms with Gasteiger partial charge in [-0.25, -0.2) is 0 Å². The highest BCUT2D eigenvalue weighted by atomic mass is 35.5. The predicted octanol–water partition coefficient (Wildman–Crippen LogP) is 1.42. The molecule has 0 radical (unpaired) electrons. The molecule has 1 aromatic rings. The minimum Gasteiger partial charge on any atom is -0.480 e. The van der Waals surface area contributed by atoms with E-state index in [0.29, 0.717) is 11.6 Å². The molecule has 1 unspecified atom stereocenters. The molecule has 1 atom stereocenters. The van der Waals surface area contributed by atoms with E-state index in [1.807, 2.05) is 6.07 Å². The van der Waals surface area contributed by atoms with E-state index in [1.54, 1.807) is 25.2 Å². The van der Waals surface area contributed by atoms with E-state index in [-0.39, 0.29) is 0 Å². The molecule has 0 aliphatic rings. The van der Waals surface area contributed by atoms with Gasteiger partial charge in [-0.2, -0.15) is 0 Å². The molecule has 0 aliphatic carbocycles. The van der Waals surface area contributed by atoms with Crippen LogP contribution in [-0.2, 0) is 4.79 Å². The second-order valence-electron chi connectivity index (χ2n) is 3.07. The zero-order chi connectivity index (χ0) is 11.3. The number of anilines is 1. The number of hydrogen-bond acceptors (Lipinski definition) is 3. The van der Waals surface area contributed by atoms with Crippen LogP contribution in [0.5, 0.6) is 0 Å². The van der Waals surface area contributed by atoms with Crippen LogP contribution in [0, 0.1) is 0 Å². The molecule has 4 nitrogen and oxygen atoms in total. The average molecular weight is 229 g/mol. The molecule has 0 fully saturated rings. The first-order valence-electron chi connectivity index (χ1n) is 4.53. The lowest BCUT2D eigenvalue weighted by Gasteiger charge is -2.13. The summed E-state index contributed by atoms with van der Waals surface area (Å²) in [6, 6.07) is 6.54. The van der Waals surface area contributed by atoms with E-state index in [4.69, 9.17) is 16.7 Å². The van der Waals surface area contributed by atoms with Gasteiger partial charge in [0.25, 0.3) is 0 Å². The maximum absolute atomic E-state index is 10.7. The van der Waals surface area contributed by atoms with E-state index < -0.39 is 12.0 Å². The monoisotopic (exact) mass is 228 g/mol. The molecular weight excluding hydrogens is 216 g/mol. The summed E-state index contributed by atoms with van der Waals surface area (Å²) < 4.78 is 0. The second kappa shape index (κ2) is 5.58.